The number of aryl methyl sites for hydroxylation is 1. The summed E-state index contributed by atoms with van der Waals surface area (Å²) in [6, 6.07) is 6.58. The predicted octanol–water partition coefficient (Wildman–Crippen LogP) is 5.32. The molecule has 0 N–H and O–H groups in total. The molecule has 0 unspecified atom stereocenters. The van der Waals surface area contributed by atoms with Crippen molar-refractivity contribution in [3.8, 4) is 0 Å². The van der Waals surface area contributed by atoms with E-state index in [0.29, 0.717) is 0 Å². The van der Waals surface area contributed by atoms with Gasteiger partial charge in [-0.2, -0.15) is 0 Å². The van der Waals surface area contributed by atoms with Crippen molar-refractivity contribution >= 4 is 11.1 Å². The van der Waals surface area contributed by atoms with Crippen molar-refractivity contribution < 1.29 is 0 Å². The van der Waals surface area contributed by atoms with Gasteiger partial charge in [-0.1, -0.05) is 48.6 Å². The van der Waals surface area contributed by atoms with Crippen LogP contribution in [0.15, 0.2) is 54.7 Å². The van der Waals surface area contributed by atoms with Crippen molar-refractivity contribution in [2.45, 2.75) is 27.2 Å². The van der Waals surface area contributed by atoms with Crippen LogP contribution in [0.2, 0.25) is 0 Å². The van der Waals surface area contributed by atoms with Gasteiger partial charge in [0, 0.05) is 0 Å². The number of benzene rings is 1. The summed E-state index contributed by atoms with van der Waals surface area (Å²) in [7, 11) is 0. The van der Waals surface area contributed by atoms with Crippen molar-refractivity contribution in [3.05, 3.63) is 71.3 Å². The first-order valence-corrected chi connectivity index (χ1v) is 6.40. The first kappa shape index (κ1) is 12.6. The van der Waals surface area contributed by atoms with Crippen LogP contribution < -0.4 is 0 Å². The lowest BCUT2D eigenvalue weighted by atomic mass is 9.93. The maximum atomic E-state index is 4.03. The predicted molar refractivity (Wildman–Crippen MR) is 81.4 cm³/mol. The van der Waals surface area contributed by atoms with E-state index in [-0.39, 0.29) is 0 Å². The Balaban J connectivity index is 2.59. The van der Waals surface area contributed by atoms with E-state index in [1.807, 2.05) is 0 Å². The van der Waals surface area contributed by atoms with Gasteiger partial charge in [-0.25, -0.2) is 0 Å². The minimum atomic E-state index is 1.01. The fraction of sp³-hybridized carbons (Fsp3) is 0.222. The summed E-state index contributed by atoms with van der Waals surface area (Å²) in [5.41, 5.74) is 7.61. The molecule has 0 nitrogen and oxygen atoms in total. The summed E-state index contributed by atoms with van der Waals surface area (Å²) in [4.78, 5) is 0. The standard InChI is InChI=1S/C18H20/c1-13(2)16-11-10-15(4)18(12-16)17-9-7-5-6-8-14(17)3/h6-12H,1,5H2,2-4H3. The highest BCUT2D eigenvalue weighted by Gasteiger charge is 2.07. The van der Waals surface area contributed by atoms with E-state index in [1.165, 1.54) is 27.8 Å². The maximum absolute atomic E-state index is 4.03. The molecule has 0 saturated heterocycles. The molecule has 0 saturated carbocycles. The van der Waals surface area contributed by atoms with E-state index in [4.69, 9.17) is 0 Å². The number of hydrogen-bond acceptors (Lipinski definition) is 0. The van der Waals surface area contributed by atoms with Gasteiger partial charge < -0.3 is 0 Å². The largest absolute Gasteiger partial charge is 0.0955 e. The van der Waals surface area contributed by atoms with Crippen LogP contribution in [0.25, 0.3) is 11.1 Å². The molecule has 0 atom stereocenters. The van der Waals surface area contributed by atoms with E-state index < -0.39 is 0 Å². The normalized spacial score (nSPS) is 14.8. The quantitative estimate of drug-likeness (QED) is 0.652. The third-order valence-electron chi connectivity index (χ3n) is 3.37. The smallest absolute Gasteiger partial charge is 0.0146 e. The average Bonchev–Trinajstić information content (AvgIpc) is 2.54. The van der Waals surface area contributed by atoms with Crippen LogP contribution in [0.5, 0.6) is 0 Å². The van der Waals surface area contributed by atoms with Gasteiger partial charge in [0.25, 0.3) is 0 Å². The van der Waals surface area contributed by atoms with Crippen LogP contribution in [0.1, 0.15) is 37.0 Å². The van der Waals surface area contributed by atoms with Gasteiger partial charge in [0.15, 0.2) is 0 Å². The van der Waals surface area contributed by atoms with Crippen LogP contribution >= 0.6 is 0 Å². The zero-order valence-electron chi connectivity index (χ0n) is 11.5. The monoisotopic (exact) mass is 236 g/mol. The van der Waals surface area contributed by atoms with E-state index in [9.17, 15) is 0 Å². The van der Waals surface area contributed by atoms with Gasteiger partial charge in [-0.15, -0.1) is 0 Å². The molecule has 0 spiro atoms. The Labute approximate surface area is 110 Å². The van der Waals surface area contributed by atoms with Crippen molar-refractivity contribution in [1.29, 1.82) is 0 Å². The lowest BCUT2D eigenvalue weighted by Gasteiger charge is -2.12. The second-order valence-corrected chi connectivity index (χ2v) is 4.95. The summed E-state index contributed by atoms with van der Waals surface area (Å²) < 4.78 is 0. The Hall–Kier alpha value is -1.82. The van der Waals surface area contributed by atoms with Crippen LogP contribution in [-0.4, -0.2) is 0 Å². The van der Waals surface area contributed by atoms with Crippen molar-refractivity contribution in [1.82, 2.24) is 0 Å². The summed E-state index contributed by atoms with van der Waals surface area (Å²) in [5.74, 6) is 0. The molecule has 0 amide bonds. The minimum Gasteiger partial charge on any atom is -0.0955 e. The third kappa shape index (κ3) is 2.53. The molecular formula is C18H20. The van der Waals surface area contributed by atoms with Gasteiger partial charge in [-0.3, -0.25) is 0 Å². The van der Waals surface area contributed by atoms with Gasteiger partial charge >= 0.3 is 0 Å². The Morgan fingerprint density at radius 1 is 1.11 bits per heavy atom. The number of hydrogen-bond donors (Lipinski definition) is 0. The molecule has 92 valence electrons. The molecule has 0 fully saturated rings. The highest BCUT2D eigenvalue weighted by Crippen LogP contribution is 2.28. The molecule has 0 aromatic heterocycles. The molecule has 0 heteroatoms. The molecule has 1 aromatic rings. The number of rotatable bonds is 2. The second kappa shape index (κ2) is 5.22. The molecule has 0 radical (unpaired) electrons. The van der Waals surface area contributed by atoms with Crippen molar-refractivity contribution in [2.24, 2.45) is 0 Å². The fourth-order valence-corrected chi connectivity index (χ4v) is 2.21. The summed E-state index contributed by atoms with van der Waals surface area (Å²) in [5, 5.41) is 0. The van der Waals surface area contributed by atoms with E-state index in [2.05, 4.69) is 69.9 Å². The highest BCUT2D eigenvalue weighted by atomic mass is 14.1. The molecule has 0 bridgehead atoms. The van der Waals surface area contributed by atoms with E-state index in [1.54, 1.807) is 0 Å². The zero-order valence-corrected chi connectivity index (χ0v) is 11.5. The summed E-state index contributed by atoms with van der Waals surface area (Å²) in [6.45, 7) is 10.4. The first-order valence-electron chi connectivity index (χ1n) is 6.40. The molecule has 1 aliphatic carbocycles. The topological polar surface area (TPSA) is 0 Å². The van der Waals surface area contributed by atoms with E-state index in [0.717, 1.165) is 12.0 Å². The van der Waals surface area contributed by atoms with Crippen LogP contribution in [0.4, 0.5) is 0 Å². The number of allylic oxidation sites excluding steroid dienone is 7. The van der Waals surface area contributed by atoms with Gasteiger partial charge in [0.2, 0.25) is 0 Å². The SMILES string of the molecule is C=C(C)c1ccc(C)c(C2=C(C)C=CCC=C2)c1. The molecule has 1 aromatic carbocycles. The summed E-state index contributed by atoms with van der Waals surface area (Å²) in [6.07, 6.45) is 9.88. The van der Waals surface area contributed by atoms with Crippen molar-refractivity contribution in [2.75, 3.05) is 0 Å². The lowest BCUT2D eigenvalue weighted by molar-refractivity contribution is 1.39. The maximum Gasteiger partial charge on any atom is -0.0146 e. The molecule has 0 aliphatic heterocycles. The first-order chi connectivity index (χ1) is 8.59. The Bertz CT molecular complexity index is 566. The molecule has 0 heterocycles. The molecule has 18 heavy (non-hydrogen) atoms. The van der Waals surface area contributed by atoms with Crippen LogP contribution in [-0.2, 0) is 0 Å². The van der Waals surface area contributed by atoms with Crippen LogP contribution in [0.3, 0.4) is 0 Å². The fourth-order valence-electron chi connectivity index (χ4n) is 2.21. The van der Waals surface area contributed by atoms with Gasteiger partial charge in [0.05, 0.1) is 0 Å². The Morgan fingerprint density at radius 2 is 1.83 bits per heavy atom. The molecule has 1 aliphatic rings. The molecular weight excluding hydrogens is 216 g/mol. The Morgan fingerprint density at radius 3 is 2.56 bits per heavy atom. The lowest BCUT2D eigenvalue weighted by Crippen LogP contribution is -1.91. The van der Waals surface area contributed by atoms with Crippen molar-refractivity contribution in [3.63, 3.8) is 0 Å². The zero-order chi connectivity index (χ0) is 13.1. The van der Waals surface area contributed by atoms with Crippen LogP contribution in [0, 0.1) is 6.92 Å². The minimum absolute atomic E-state index is 1.01. The average molecular weight is 236 g/mol. The third-order valence-corrected chi connectivity index (χ3v) is 3.37. The highest BCUT2D eigenvalue weighted by molar-refractivity contribution is 5.82. The van der Waals surface area contributed by atoms with Gasteiger partial charge in [-0.05, 0) is 61.1 Å². The van der Waals surface area contributed by atoms with Gasteiger partial charge in [0.1, 0.15) is 0 Å². The second-order valence-electron chi connectivity index (χ2n) is 4.95. The molecule has 2 rings (SSSR count). The van der Waals surface area contributed by atoms with E-state index >= 15 is 0 Å². The Kier molecular flexibility index (Phi) is 3.66. The summed E-state index contributed by atoms with van der Waals surface area (Å²) >= 11 is 0.